The van der Waals surface area contributed by atoms with Gasteiger partial charge < -0.3 is 33.8 Å². The number of unbranched alkanes of at least 4 members (excludes halogenated alkanes) is 44. The van der Waals surface area contributed by atoms with Crippen LogP contribution in [-0.2, 0) is 65.4 Å². The van der Waals surface area contributed by atoms with E-state index in [1.165, 1.54) is 212 Å². The first-order valence-electron chi connectivity index (χ1n) is 40.3. The Kier molecular flexibility index (Phi) is 67.1. The number of aliphatic hydroxyl groups excluding tert-OH is 1. The van der Waals surface area contributed by atoms with Gasteiger partial charge in [0.1, 0.15) is 19.3 Å². The normalized spacial score (nSPS) is 14.0. The molecule has 0 aromatic heterocycles. The molecule has 5 atom stereocenters. The van der Waals surface area contributed by atoms with Crippen molar-refractivity contribution in [2.75, 3.05) is 39.6 Å². The number of carbonyl (C=O) groups excluding carboxylic acids is 4. The lowest BCUT2D eigenvalue weighted by atomic mass is 10.0. The molecule has 0 heterocycles. The van der Waals surface area contributed by atoms with Gasteiger partial charge in [0.15, 0.2) is 12.2 Å². The van der Waals surface area contributed by atoms with E-state index in [4.69, 9.17) is 37.0 Å². The predicted molar refractivity (Wildman–Crippen MR) is 395 cm³/mol. The molecule has 0 amide bonds. The zero-order valence-electron chi connectivity index (χ0n) is 63.5. The number of aliphatic hydroxyl groups is 1. The summed E-state index contributed by atoms with van der Waals surface area (Å²) in [5.41, 5.74) is 0. The maximum Gasteiger partial charge on any atom is 0.472 e. The Balaban J connectivity index is 5.21. The van der Waals surface area contributed by atoms with Gasteiger partial charge in [0.25, 0.3) is 0 Å². The lowest BCUT2D eigenvalue weighted by Gasteiger charge is -2.21. The van der Waals surface area contributed by atoms with E-state index in [-0.39, 0.29) is 25.7 Å². The lowest BCUT2D eigenvalue weighted by Crippen LogP contribution is -2.30. The first-order valence-corrected chi connectivity index (χ1v) is 43.3. The summed E-state index contributed by atoms with van der Waals surface area (Å²) in [5.74, 6) is 0.0966. The molecule has 0 radical (unpaired) electrons. The van der Waals surface area contributed by atoms with Crippen molar-refractivity contribution in [3.8, 4) is 0 Å². The molecule has 19 heteroatoms. The van der Waals surface area contributed by atoms with Gasteiger partial charge in [0.2, 0.25) is 0 Å². The highest BCUT2D eigenvalue weighted by atomic mass is 31.2. The SMILES string of the molecule is CCCCCCCCCCCCCCCCCCCCCCCC(=O)O[C@H](COC(=O)CCCCCCCCCCCCCC(C)C)COP(=O)(O)OC[C@@H](O)COP(=O)(O)OC[C@@H](COC(=O)CCCCCCCCCCC(C)C)OC(=O)CCCCCCCCCCC(C)C. The predicted octanol–water partition coefficient (Wildman–Crippen LogP) is 23.0. The minimum absolute atomic E-state index is 0.104. The molecule has 0 aliphatic carbocycles. The van der Waals surface area contributed by atoms with E-state index in [9.17, 15) is 43.2 Å². The Bertz CT molecular complexity index is 1890. The third-order valence-corrected chi connectivity index (χ3v) is 20.0. The van der Waals surface area contributed by atoms with E-state index in [0.29, 0.717) is 25.7 Å². The minimum Gasteiger partial charge on any atom is -0.462 e. The molecule has 97 heavy (non-hydrogen) atoms. The Labute approximate surface area is 594 Å². The summed E-state index contributed by atoms with van der Waals surface area (Å²) in [5, 5.41) is 10.6. The third-order valence-electron chi connectivity index (χ3n) is 18.1. The highest BCUT2D eigenvalue weighted by Crippen LogP contribution is 2.45. The molecule has 0 saturated carbocycles. The number of hydrogen-bond acceptors (Lipinski definition) is 15. The van der Waals surface area contributed by atoms with Crippen LogP contribution in [0.15, 0.2) is 0 Å². The molecule has 0 spiro atoms. The summed E-state index contributed by atoms with van der Waals surface area (Å²) < 4.78 is 68.6. The molecule has 17 nitrogen and oxygen atoms in total. The van der Waals surface area contributed by atoms with Crippen LogP contribution in [0.3, 0.4) is 0 Å². The molecule has 0 aromatic carbocycles. The number of phosphoric acid groups is 2. The average molecular weight is 1420 g/mol. The van der Waals surface area contributed by atoms with Crippen LogP contribution < -0.4 is 0 Å². The van der Waals surface area contributed by atoms with E-state index in [2.05, 4.69) is 48.5 Å². The van der Waals surface area contributed by atoms with Crippen LogP contribution in [0.25, 0.3) is 0 Å². The molecule has 0 aliphatic heterocycles. The Morgan fingerprint density at radius 1 is 0.278 bits per heavy atom. The van der Waals surface area contributed by atoms with E-state index in [0.717, 1.165) is 108 Å². The molecule has 0 rings (SSSR count). The van der Waals surface area contributed by atoms with Crippen LogP contribution in [0.2, 0.25) is 0 Å². The second-order valence-corrected chi connectivity index (χ2v) is 32.4. The first-order chi connectivity index (χ1) is 46.7. The van der Waals surface area contributed by atoms with Gasteiger partial charge >= 0.3 is 39.5 Å². The fourth-order valence-electron chi connectivity index (χ4n) is 12.0. The molecule has 2 unspecified atom stereocenters. The van der Waals surface area contributed by atoms with Gasteiger partial charge in [-0.05, 0) is 43.4 Å². The third kappa shape index (κ3) is 72.2. The summed E-state index contributed by atoms with van der Waals surface area (Å²) in [4.78, 5) is 72.8. The maximum absolute atomic E-state index is 13.1. The van der Waals surface area contributed by atoms with Gasteiger partial charge in [-0.1, -0.05) is 350 Å². The average Bonchev–Trinajstić information content (AvgIpc) is 1.43. The molecule has 0 saturated heterocycles. The van der Waals surface area contributed by atoms with Crippen LogP contribution >= 0.6 is 15.6 Å². The van der Waals surface area contributed by atoms with Crippen molar-refractivity contribution in [3.63, 3.8) is 0 Å². The monoisotopic (exact) mass is 1420 g/mol. The highest BCUT2D eigenvalue weighted by molar-refractivity contribution is 7.47. The Morgan fingerprint density at radius 2 is 0.474 bits per heavy atom. The largest absolute Gasteiger partial charge is 0.472 e. The summed E-state index contributed by atoms with van der Waals surface area (Å²) in [6, 6.07) is 0. The molecule has 0 aliphatic rings. The molecule has 0 bridgehead atoms. The number of phosphoric ester groups is 2. The van der Waals surface area contributed by atoms with Crippen molar-refractivity contribution < 1.29 is 80.2 Å². The lowest BCUT2D eigenvalue weighted by molar-refractivity contribution is -0.161. The topological polar surface area (TPSA) is 237 Å². The fourth-order valence-corrected chi connectivity index (χ4v) is 13.5. The van der Waals surface area contributed by atoms with Crippen LogP contribution in [0.5, 0.6) is 0 Å². The van der Waals surface area contributed by atoms with Crippen LogP contribution in [0.4, 0.5) is 0 Å². The highest BCUT2D eigenvalue weighted by Gasteiger charge is 2.30. The van der Waals surface area contributed by atoms with Gasteiger partial charge in [0, 0.05) is 25.7 Å². The molecule has 576 valence electrons. The molecule has 0 fully saturated rings. The van der Waals surface area contributed by atoms with Crippen LogP contribution in [0.1, 0.15) is 402 Å². The minimum atomic E-state index is -4.96. The van der Waals surface area contributed by atoms with Crippen molar-refractivity contribution in [3.05, 3.63) is 0 Å². The van der Waals surface area contributed by atoms with Gasteiger partial charge in [-0.2, -0.15) is 0 Å². The Hall–Kier alpha value is -1.94. The molecular formula is C78H152O17P2. The van der Waals surface area contributed by atoms with Crippen LogP contribution in [-0.4, -0.2) is 96.7 Å². The zero-order chi connectivity index (χ0) is 71.6. The maximum atomic E-state index is 13.1. The van der Waals surface area contributed by atoms with Crippen molar-refractivity contribution in [1.29, 1.82) is 0 Å². The van der Waals surface area contributed by atoms with Crippen LogP contribution in [0, 0.1) is 17.8 Å². The number of carbonyl (C=O) groups is 4. The molecular weight excluding hydrogens is 1270 g/mol. The second-order valence-electron chi connectivity index (χ2n) is 29.5. The first kappa shape index (κ1) is 95.1. The smallest absolute Gasteiger partial charge is 0.462 e. The number of ether oxygens (including phenoxy) is 4. The standard InChI is InChI=1S/C78H152O17P2/c1-8-9-10-11-12-13-14-15-16-17-18-19-20-21-22-23-26-30-40-47-54-61-77(82)94-73(65-88-75(80)59-52-45-38-29-27-24-25-28-35-42-49-56-69(2)3)67-92-96(84,85)90-63-72(79)64-91-97(86,87)93-68-74(95-78(83)62-55-48-41-34-32-37-44-51-58-71(6)7)66-89-76(81)60-53-46-39-33-31-36-43-50-57-70(4)5/h69-74,79H,8-68H2,1-7H3,(H,84,85)(H,86,87)/t72-,73-,74-/m1/s1. The van der Waals surface area contributed by atoms with Crippen molar-refractivity contribution >= 4 is 39.5 Å². The summed E-state index contributed by atoms with van der Waals surface area (Å²) >= 11 is 0. The number of hydrogen-bond donors (Lipinski definition) is 3. The summed E-state index contributed by atoms with van der Waals surface area (Å²) in [6.45, 7) is 11.8. The van der Waals surface area contributed by atoms with Gasteiger partial charge in [-0.3, -0.25) is 37.3 Å². The van der Waals surface area contributed by atoms with E-state index in [1.54, 1.807) is 0 Å². The fraction of sp³-hybridized carbons (Fsp3) is 0.949. The van der Waals surface area contributed by atoms with E-state index < -0.39 is 97.5 Å². The number of rotatable bonds is 76. The van der Waals surface area contributed by atoms with Crippen molar-refractivity contribution in [1.82, 2.24) is 0 Å². The quantitative estimate of drug-likeness (QED) is 0.0222. The summed E-state index contributed by atoms with van der Waals surface area (Å²) in [6.07, 6.45) is 55.7. The second kappa shape index (κ2) is 68.5. The van der Waals surface area contributed by atoms with Crippen molar-refractivity contribution in [2.24, 2.45) is 17.8 Å². The number of esters is 4. The van der Waals surface area contributed by atoms with E-state index >= 15 is 0 Å². The zero-order valence-corrected chi connectivity index (χ0v) is 65.3. The summed E-state index contributed by atoms with van der Waals surface area (Å²) in [7, 11) is -9.91. The Morgan fingerprint density at radius 3 is 0.701 bits per heavy atom. The van der Waals surface area contributed by atoms with Gasteiger partial charge in [0.05, 0.1) is 26.4 Å². The molecule has 0 aromatic rings. The van der Waals surface area contributed by atoms with Gasteiger partial charge in [-0.25, -0.2) is 9.13 Å². The van der Waals surface area contributed by atoms with Crippen molar-refractivity contribution in [2.45, 2.75) is 420 Å². The van der Waals surface area contributed by atoms with Gasteiger partial charge in [-0.15, -0.1) is 0 Å². The molecule has 3 N–H and O–H groups in total. The van der Waals surface area contributed by atoms with E-state index in [1.807, 2.05) is 0 Å².